The molecule has 0 aliphatic heterocycles. The van der Waals surface area contributed by atoms with Crippen molar-refractivity contribution in [3.05, 3.63) is 69.8 Å². The van der Waals surface area contributed by atoms with Gasteiger partial charge in [0.2, 0.25) is 5.78 Å². The lowest BCUT2D eigenvalue weighted by atomic mass is 10.1. The summed E-state index contributed by atoms with van der Waals surface area (Å²) in [5.74, 6) is -0.988. The zero-order chi connectivity index (χ0) is 22.0. The number of esters is 1. The van der Waals surface area contributed by atoms with Gasteiger partial charge in [-0.05, 0) is 52.3 Å². The Morgan fingerprint density at radius 2 is 1.73 bits per heavy atom. The van der Waals surface area contributed by atoms with E-state index in [2.05, 4.69) is 10.1 Å². The number of H-pyrrole nitrogens is 1. The zero-order valence-electron chi connectivity index (χ0n) is 17.8. The van der Waals surface area contributed by atoms with E-state index in [4.69, 9.17) is 4.74 Å². The van der Waals surface area contributed by atoms with E-state index in [-0.39, 0.29) is 24.6 Å². The molecule has 0 radical (unpaired) electrons. The van der Waals surface area contributed by atoms with E-state index in [0.717, 1.165) is 22.6 Å². The summed E-state index contributed by atoms with van der Waals surface area (Å²) in [6.07, 6.45) is 0.0270. The summed E-state index contributed by atoms with van der Waals surface area (Å²) in [6, 6.07) is 9.66. The maximum atomic E-state index is 12.5. The van der Waals surface area contributed by atoms with Crippen molar-refractivity contribution in [3.8, 4) is 5.69 Å². The van der Waals surface area contributed by atoms with E-state index >= 15 is 0 Å². The van der Waals surface area contributed by atoms with Crippen molar-refractivity contribution < 1.29 is 19.1 Å². The Hall–Kier alpha value is -3.48. The number of aryl methyl sites for hydroxylation is 2. The molecule has 0 amide bonds. The number of aromatic nitrogens is 3. The lowest BCUT2D eigenvalue weighted by molar-refractivity contribution is -0.141. The second-order valence-corrected chi connectivity index (χ2v) is 7.34. The van der Waals surface area contributed by atoms with Crippen LogP contribution in [0.25, 0.3) is 5.69 Å². The molecule has 3 rings (SSSR count). The molecule has 156 valence electrons. The van der Waals surface area contributed by atoms with Gasteiger partial charge >= 0.3 is 5.97 Å². The van der Waals surface area contributed by atoms with Crippen LogP contribution in [-0.2, 0) is 16.0 Å². The van der Waals surface area contributed by atoms with Crippen molar-refractivity contribution >= 4 is 17.5 Å². The molecule has 2 heterocycles. The Labute approximate surface area is 175 Å². The monoisotopic (exact) mass is 407 g/mol. The number of nitrogens with zero attached hydrogens (tertiary/aromatic N) is 2. The van der Waals surface area contributed by atoms with E-state index in [9.17, 15) is 14.4 Å². The first-order valence-corrected chi connectivity index (χ1v) is 9.70. The number of aromatic amines is 1. The van der Waals surface area contributed by atoms with E-state index in [1.54, 1.807) is 18.5 Å². The van der Waals surface area contributed by atoms with Gasteiger partial charge in [0, 0.05) is 22.5 Å². The van der Waals surface area contributed by atoms with E-state index in [0.29, 0.717) is 22.5 Å². The second kappa shape index (κ2) is 8.49. The van der Waals surface area contributed by atoms with Crippen LogP contribution in [0.15, 0.2) is 30.3 Å². The molecule has 0 aliphatic carbocycles. The molecule has 30 heavy (non-hydrogen) atoms. The van der Waals surface area contributed by atoms with Crippen LogP contribution in [0.3, 0.4) is 0 Å². The molecule has 0 unspecified atom stereocenters. The second-order valence-electron chi connectivity index (χ2n) is 7.34. The molecule has 7 nitrogen and oxygen atoms in total. The summed E-state index contributed by atoms with van der Waals surface area (Å²) >= 11 is 0. The number of para-hydroxylation sites is 1. The topological polar surface area (TPSA) is 94.0 Å². The number of ether oxygens (including phenoxy) is 1. The van der Waals surface area contributed by atoms with Gasteiger partial charge in [-0.15, -0.1) is 0 Å². The molecular formula is C23H25N3O4. The van der Waals surface area contributed by atoms with Crippen LogP contribution >= 0.6 is 0 Å². The molecule has 3 aromatic rings. The van der Waals surface area contributed by atoms with E-state index < -0.39 is 5.97 Å². The number of rotatable bonds is 7. The predicted octanol–water partition coefficient (Wildman–Crippen LogP) is 3.61. The molecule has 2 aromatic heterocycles. The third-order valence-corrected chi connectivity index (χ3v) is 5.20. The van der Waals surface area contributed by atoms with Gasteiger partial charge in [-0.25, -0.2) is 4.68 Å². The molecule has 0 fully saturated rings. The minimum absolute atomic E-state index is 0.0270. The molecule has 1 N–H and O–H groups in total. The highest BCUT2D eigenvalue weighted by atomic mass is 16.5. The van der Waals surface area contributed by atoms with Gasteiger partial charge in [0.1, 0.15) is 0 Å². The van der Waals surface area contributed by atoms with Crippen molar-refractivity contribution in [3.63, 3.8) is 0 Å². The van der Waals surface area contributed by atoms with Crippen molar-refractivity contribution in [1.29, 1.82) is 0 Å². The molecule has 0 saturated heterocycles. The Kier molecular flexibility index (Phi) is 6.01. The van der Waals surface area contributed by atoms with Gasteiger partial charge in [-0.1, -0.05) is 18.2 Å². The lowest BCUT2D eigenvalue weighted by Gasteiger charge is -2.06. The fourth-order valence-corrected chi connectivity index (χ4v) is 3.72. The lowest BCUT2D eigenvalue weighted by Crippen LogP contribution is -2.17. The fraction of sp³-hybridized carbons (Fsp3) is 0.304. The van der Waals surface area contributed by atoms with Gasteiger partial charge in [0.15, 0.2) is 12.4 Å². The number of carbonyl (C=O) groups excluding carboxylic acids is 3. The van der Waals surface area contributed by atoms with Crippen LogP contribution < -0.4 is 0 Å². The smallest absolute Gasteiger partial charge is 0.310 e. The molecular weight excluding hydrogens is 382 g/mol. The first-order valence-electron chi connectivity index (χ1n) is 9.70. The fourth-order valence-electron chi connectivity index (χ4n) is 3.72. The highest BCUT2D eigenvalue weighted by Crippen LogP contribution is 2.20. The molecule has 0 atom stereocenters. The number of carbonyl (C=O) groups is 3. The highest BCUT2D eigenvalue weighted by molar-refractivity contribution is 6.04. The number of hydrogen-bond acceptors (Lipinski definition) is 5. The van der Waals surface area contributed by atoms with Crippen LogP contribution in [-0.4, -0.2) is 38.9 Å². The van der Waals surface area contributed by atoms with Crippen LogP contribution in [0, 0.1) is 27.7 Å². The van der Waals surface area contributed by atoms with Gasteiger partial charge in [-0.2, -0.15) is 5.10 Å². The van der Waals surface area contributed by atoms with Crippen LogP contribution in [0.2, 0.25) is 0 Å². The summed E-state index contributed by atoms with van der Waals surface area (Å²) in [6.45, 7) is 8.26. The average molecular weight is 407 g/mol. The Bertz CT molecular complexity index is 1120. The highest BCUT2D eigenvalue weighted by Gasteiger charge is 2.22. The van der Waals surface area contributed by atoms with Gasteiger partial charge in [0.25, 0.3) is 0 Å². The number of nitrogens with one attached hydrogen (secondary N) is 1. The summed E-state index contributed by atoms with van der Waals surface area (Å²) in [7, 11) is 0. The molecule has 0 spiro atoms. The first-order chi connectivity index (χ1) is 14.2. The minimum Gasteiger partial charge on any atom is -0.457 e. The Morgan fingerprint density at radius 1 is 1.07 bits per heavy atom. The molecule has 0 saturated carbocycles. The summed E-state index contributed by atoms with van der Waals surface area (Å²) in [4.78, 5) is 39.6. The Morgan fingerprint density at radius 3 is 2.33 bits per heavy atom. The normalized spacial score (nSPS) is 10.8. The van der Waals surface area contributed by atoms with E-state index in [1.165, 1.54) is 6.92 Å². The van der Waals surface area contributed by atoms with Gasteiger partial charge in [-0.3, -0.25) is 14.4 Å². The standard InChI is InChI=1S/C23H25N3O4/c1-13-22(17(5)27)15(3)24-23(13)20(28)12-30-21(29)11-19-14(2)25-26(16(19)4)18-9-7-6-8-10-18/h6-10,24H,11-12H2,1-5H3. The minimum atomic E-state index is -0.505. The molecule has 0 aliphatic rings. The molecule has 1 aromatic carbocycles. The maximum absolute atomic E-state index is 12.5. The van der Waals surface area contributed by atoms with Crippen LogP contribution in [0.1, 0.15) is 56.0 Å². The number of benzene rings is 1. The van der Waals surface area contributed by atoms with Crippen LogP contribution in [0.4, 0.5) is 0 Å². The van der Waals surface area contributed by atoms with Gasteiger partial charge < -0.3 is 9.72 Å². The van der Waals surface area contributed by atoms with Crippen LogP contribution in [0.5, 0.6) is 0 Å². The summed E-state index contributed by atoms with van der Waals surface area (Å²) in [5.41, 5.74) is 5.30. The third-order valence-electron chi connectivity index (χ3n) is 5.20. The number of Topliss-reactive ketones (excluding diaryl/α,β-unsaturated/α-hetero) is 2. The summed E-state index contributed by atoms with van der Waals surface area (Å²) in [5, 5.41) is 4.52. The maximum Gasteiger partial charge on any atom is 0.310 e. The SMILES string of the molecule is CC(=O)c1c(C)[nH]c(C(=O)COC(=O)Cc2c(C)nn(-c3ccccc3)c2C)c1C. The zero-order valence-corrected chi connectivity index (χ0v) is 17.8. The van der Waals surface area contributed by atoms with Crippen molar-refractivity contribution in [1.82, 2.24) is 14.8 Å². The first kappa shape index (κ1) is 21.2. The summed E-state index contributed by atoms with van der Waals surface area (Å²) < 4.78 is 7.01. The largest absolute Gasteiger partial charge is 0.457 e. The third kappa shape index (κ3) is 4.10. The van der Waals surface area contributed by atoms with Crippen molar-refractivity contribution in [2.45, 2.75) is 41.0 Å². The van der Waals surface area contributed by atoms with Crippen molar-refractivity contribution in [2.75, 3.05) is 6.61 Å². The average Bonchev–Trinajstić information content (AvgIpc) is 3.16. The quantitative estimate of drug-likeness (QED) is 0.477. The Balaban J connectivity index is 1.69. The van der Waals surface area contributed by atoms with Gasteiger partial charge in [0.05, 0.1) is 23.5 Å². The van der Waals surface area contributed by atoms with E-state index in [1.807, 2.05) is 44.2 Å². The number of ketones is 2. The molecule has 0 bridgehead atoms. The molecule has 7 heteroatoms. The number of hydrogen-bond donors (Lipinski definition) is 1. The van der Waals surface area contributed by atoms with Crippen molar-refractivity contribution in [2.24, 2.45) is 0 Å². The predicted molar refractivity (Wildman–Crippen MR) is 112 cm³/mol.